The van der Waals surface area contributed by atoms with Crippen LogP contribution < -0.4 is 5.32 Å². The van der Waals surface area contributed by atoms with E-state index in [1.54, 1.807) is 19.4 Å². The van der Waals surface area contributed by atoms with Gasteiger partial charge in [-0.3, -0.25) is 4.79 Å². The summed E-state index contributed by atoms with van der Waals surface area (Å²) < 4.78 is 1.93. The highest BCUT2D eigenvalue weighted by atomic mass is 16.4. The first-order chi connectivity index (χ1) is 10.1. The molecule has 2 N–H and O–H groups in total. The lowest BCUT2D eigenvalue weighted by Gasteiger charge is -2.07. The summed E-state index contributed by atoms with van der Waals surface area (Å²) in [6.45, 7) is 2.85. The Morgan fingerprint density at radius 1 is 1.38 bits per heavy atom. The molecular formula is C14H16N4O3. The van der Waals surface area contributed by atoms with E-state index in [-0.39, 0.29) is 17.2 Å². The van der Waals surface area contributed by atoms with Crippen molar-refractivity contribution in [3.05, 3.63) is 47.8 Å². The number of imidazole rings is 1. The van der Waals surface area contributed by atoms with Crippen molar-refractivity contribution in [2.75, 3.05) is 6.54 Å². The average Bonchev–Trinajstić information content (AvgIpc) is 2.96. The van der Waals surface area contributed by atoms with Crippen LogP contribution in [0, 0.1) is 6.92 Å². The predicted molar refractivity (Wildman–Crippen MR) is 75.1 cm³/mol. The quantitative estimate of drug-likeness (QED) is 0.776. The third-order valence-corrected chi connectivity index (χ3v) is 2.99. The molecule has 21 heavy (non-hydrogen) atoms. The van der Waals surface area contributed by atoms with E-state index in [0.29, 0.717) is 12.2 Å². The van der Waals surface area contributed by atoms with E-state index in [2.05, 4.69) is 15.3 Å². The van der Waals surface area contributed by atoms with Crippen LogP contribution in [0.25, 0.3) is 0 Å². The van der Waals surface area contributed by atoms with Gasteiger partial charge in [0.15, 0.2) is 0 Å². The Morgan fingerprint density at radius 3 is 2.81 bits per heavy atom. The summed E-state index contributed by atoms with van der Waals surface area (Å²) in [5.74, 6) is -1.35. The van der Waals surface area contributed by atoms with Crippen LogP contribution in [0.1, 0.15) is 33.0 Å². The molecular weight excluding hydrogens is 272 g/mol. The number of nitrogens with zero attached hydrogens (tertiary/aromatic N) is 3. The number of carbonyl (C=O) groups is 2. The second kappa shape index (κ2) is 6.65. The fourth-order valence-electron chi connectivity index (χ4n) is 1.89. The summed E-state index contributed by atoms with van der Waals surface area (Å²) >= 11 is 0. The molecule has 2 heterocycles. The minimum atomic E-state index is -1.05. The van der Waals surface area contributed by atoms with Crippen molar-refractivity contribution in [2.24, 2.45) is 0 Å². The number of hydrogen-bond donors (Lipinski definition) is 2. The van der Waals surface area contributed by atoms with Crippen molar-refractivity contribution in [3.8, 4) is 0 Å². The van der Waals surface area contributed by atoms with E-state index in [1.165, 1.54) is 12.1 Å². The first kappa shape index (κ1) is 14.7. The summed E-state index contributed by atoms with van der Waals surface area (Å²) in [5, 5.41) is 11.7. The van der Waals surface area contributed by atoms with Gasteiger partial charge in [-0.05, 0) is 25.5 Å². The maximum absolute atomic E-state index is 11.9. The summed E-state index contributed by atoms with van der Waals surface area (Å²) in [6, 6.07) is 2.81. The fraction of sp³-hybridized carbons (Fsp3) is 0.286. The molecule has 2 rings (SSSR count). The Bertz CT molecular complexity index is 638. The highest BCUT2D eigenvalue weighted by Crippen LogP contribution is 2.07. The summed E-state index contributed by atoms with van der Waals surface area (Å²) in [7, 11) is 0. The van der Waals surface area contributed by atoms with Gasteiger partial charge in [0.25, 0.3) is 5.91 Å². The molecule has 0 spiro atoms. The molecule has 2 aromatic rings. The first-order valence-electron chi connectivity index (χ1n) is 6.53. The van der Waals surface area contributed by atoms with Crippen molar-refractivity contribution in [1.82, 2.24) is 19.9 Å². The van der Waals surface area contributed by atoms with Gasteiger partial charge < -0.3 is 15.0 Å². The van der Waals surface area contributed by atoms with Crippen LogP contribution in [0.3, 0.4) is 0 Å². The number of carbonyl (C=O) groups excluding carboxylic acids is 1. The molecule has 0 bridgehead atoms. The van der Waals surface area contributed by atoms with Gasteiger partial charge in [-0.1, -0.05) is 0 Å². The van der Waals surface area contributed by atoms with Gasteiger partial charge in [0.1, 0.15) is 5.69 Å². The van der Waals surface area contributed by atoms with Gasteiger partial charge in [-0.2, -0.15) is 0 Å². The first-order valence-corrected chi connectivity index (χ1v) is 6.53. The van der Waals surface area contributed by atoms with E-state index in [1.807, 2.05) is 10.8 Å². The molecule has 0 radical (unpaired) electrons. The van der Waals surface area contributed by atoms with Gasteiger partial charge in [0.05, 0.1) is 17.6 Å². The van der Waals surface area contributed by atoms with E-state index >= 15 is 0 Å². The third kappa shape index (κ3) is 3.88. The maximum atomic E-state index is 11.9. The van der Waals surface area contributed by atoms with Crippen LogP contribution in [-0.4, -0.2) is 38.1 Å². The van der Waals surface area contributed by atoms with Crippen molar-refractivity contribution in [2.45, 2.75) is 19.9 Å². The van der Waals surface area contributed by atoms with Crippen molar-refractivity contribution >= 4 is 11.9 Å². The molecule has 0 aliphatic rings. The predicted octanol–water partition coefficient (Wildman–Crippen LogP) is 1.10. The molecule has 0 saturated carbocycles. The van der Waals surface area contributed by atoms with Gasteiger partial charge in [0, 0.05) is 25.5 Å². The number of aromatic carboxylic acids is 1. The number of carboxylic acids is 1. The lowest BCUT2D eigenvalue weighted by Crippen LogP contribution is -2.26. The Labute approximate surface area is 121 Å². The molecule has 0 aliphatic heterocycles. The highest BCUT2D eigenvalue weighted by molar-refractivity contribution is 5.94. The molecule has 7 nitrogen and oxygen atoms in total. The number of hydrogen-bond acceptors (Lipinski definition) is 4. The number of pyridine rings is 1. The van der Waals surface area contributed by atoms with Crippen molar-refractivity contribution in [3.63, 3.8) is 0 Å². The Balaban J connectivity index is 1.85. The van der Waals surface area contributed by atoms with Crippen LogP contribution in [-0.2, 0) is 6.54 Å². The summed E-state index contributed by atoms with van der Waals surface area (Å²) in [6.07, 6.45) is 6.05. The number of amides is 1. The Morgan fingerprint density at radius 2 is 2.19 bits per heavy atom. The van der Waals surface area contributed by atoms with Gasteiger partial charge in [-0.25, -0.2) is 14.8 Å². The zero-order chi connectivity index (χ0) is 15.2. The highest BCUT2D eigenvalue weighted by Gasteiger charge is 2.12. The number of aryl methyl sites for hydroxylation is 2. The third-order valence-electron chi connectivity index (χ3n) is 2.99. The number of carboxylic acid groups (broad SMARTS) is 1. The second-order valence-corrected chi connectivity index (χ2v) is 4.54. The lowest BCUT2D eigenvalue weighted by molar-refractivity contribution is 0.0694. The molecule has 0 saturated heterocycles. The average molecular weight is 288 g/mol. The smallest absolute Gasteiger partial charge is 0.337 e. The summed E-state index contributed by atoms with van der Waals surface area (Å²) in [5.41, 5.74) is 0.653. The van der Waals surface area contributed by atoms with Gasteiger partial charge >= 0.3 is 5.97 Å². The van der Waals surface area contributed by atoms with Crippen LogP contribution in [0.5, 0.6) is 0 Å². The van der Waals surface area contributed by atoms with Crippen LogP contribution in [0.15, 0.2) is 30.9 Å². The Kier molecular flexibility index (Phi) is 4.65. The monoisotopic (exact) mass is 288 g/mol. The zero-order valence-corrected chi connectivity index (χ0v) is 11.6. The molecule has 1 amide bonds. The van der Waals surface area contributed by atoms with Crippen molar-refractivity contribution < 1.29 is 14.7 Å². The zero-order valence-electron chi connectivity index (χ0n) is 11.6. The van der Waals surface area contributed by atoms with E-state index in [9.17, 15) is 9.59 Å². The Hall–Kier alpha value is -2.70. The molecule has 110 valence electrons. The maximum Gasteiger partial charge on any atom is 0.337 e. The molecule has 7 heteroatoms. The number of nitrogens with one attached hydrogen (secondary N) is 1. The molecule has 0 aliphatic carbocycles. The van der Waals surface area contributed by atoms with Gasteiger partial charge in [-0.15, -0.1) is 0 Å². The topological polar surface area (TPSA) is 97.1 Å². The molecule has 2 aromatic heterocycles. The fourth-order valence-corrected chi connectivity index (χ4v) is 1.89. The number of rotatable bonds is 6. The minimum Gasteiger partial charge on any atom is -0.478 e. The minimum absolute atomic E-state index is 0.103. The molecule has 0 unspecified atom stereocenters. The molecule has 0 aromatic carbocycles. The molecule has 0 fully saturated rings. The normalized spacial score (nSPS) is 10.3. The molecule has 0 atom stereocenters. The SMILES string of the molecule is Cc1nc(C(=O)NCCCn2ccnc2)ccc1C(=O)O. The summed E-state index contributed by atoms with van der Waals surface area (Å²) in [4.78, 5) is 30.7. The number of aromatic nitrogens is 3. The second-order valence-electron chi connectivity index (χ2n) is 4.54. The largest absolute Gasteiger partial charge is 0.478 e. The van der Waals surface area contributed by atoms with Crippen LogP contribution >= 0.6 is 0 Å². The van der Waals surface area contributed by atoms with E-state index < -0.39 is 5.97 Å². The van der Waals surface area contributed by atoms with Crippen LogP contribution in [0.2, 0.25) is 0 Å². The van der Waals surface area contributed by atoms with Crippen LogP contribution in [0.4, 0.5) is 0 Å². The lowest BCUT2D eigenvalue weighted by atomic mass is 10.2. The standard InChI is InChI=1S/C14H16N4O3/c1-10-11(14(20)21)3-4-12(17-10)13(19)16-5-2-7-18-8-6-15-9-18/h3-4,6,8-9H,2,5,7H2,1H3,(H,16,19)(H,20,21). The van der Waals surface area contributed by atoms with E-state index in [0.717, 1.165) is 13.0 Å². The van der Waals surface area contributed by atoms with Crippen molar-refractivity contribution in [1.29, 1.82) is 0 Å². The van der Waals surface area contributed by atoms with Gasteiger partial charge in [0.2, 0.25) is 0 Å². The van der Waals surface area contributed by atoms with E-state index in [4.69, 9.17) is 5.11 Å².